The van der Waals surface area contributed by atoms with Gasteiger partial charge < -0.3 is 5.32 Å². The molecule has 0 atom stereocenters. The van der Waals surface area contributed by atoms with Crippen LogP contribution in [0.5, 0.6) is 0 Å². The fourth-order valence-corrected chi connectivity index (χ4v) is 2.21. The van der Waals surface area contributed by atoms with Gasteiger partial charge in [0.1, 0.15) is 23.6 Å². The van der Waals surface area contributed by atoms with Gasteiger partial charge in [-0.2, -0.15) is 0 Å². The van der Waals surface area contributed by atoms with Crippen molar-refractivity contribution in [3.05, 3.63) is 53.3 Å². The first-order valence-electron chi connectivity index (χ1n) is 6.30. The summed E-state index contributed by atoms with van der Waals surface area (Å²) in [6, 6.07) is 6.19. The summed E-state index contributed by atoms with van der Waals surface area (Å²) in [5.41, 5.74) is 0.235. The second-order valence-electron chi connectivity index (χ2n) is 4.59. The van der Waals surface area contributed by atoms with Crippen LogP contribution in [0.1, 0.15) is 0 Å². The zero-order valence-electron chi connectivity index (χ0n) is 11.3. The number of halogens is 3. The highest BCUT2D eigenvalue weighted by Crippen LogP contribution is 2.29. The van der Waals surface area contributed by atoms with Crippen LogP contribution in [0.2, 0.25) is 5.02 Å². The standard InChI is InChI=1S/C14H9ClF2N4O2/c15-9-3-7(1-2-10(9)16)20-14-8-4-13(21(22)23)11(17)5-12(8)18-6-19-14/h1-6,22-23H,(H,18,19,20). The van der Waals surface area contributed by atoms with Crippen LogP contribution < -0.4 is 10.5 Å². The van der Waals surface area contributed by atoms with Gasteiger partial charge in [-0.1, -0.05) is 11.6 Å². The molecule has 9 heteroatoms. The van der Waals surface area contributed by atoms with Crippen molar-refractivity contribution in [1.29, 1.82) is 0 Å². The molecule has 0 bridgehead atoms. The Balaban J connectivity index is 2.09. The number of hydrogen-bond donors (Lipinski definition) is 3. The molecule has 0 saturated carbocycles. The first kappa shape index (κ1) is 15.3. The summed E-state index contributed by atoms with van der Waals surface area (Å²) in [5.74, 6) is -1.16. The third-order valence-electron chi connectivity index (χ3n) is 3.10. The van der Waals surface area contributed by atoms with Crippen molar-refractivity contribution in [3.63, 3.8) is 0 Å². The van der Waals surface area contributed by atoms with Gasteiger partial charge in [-0.3, -0.25) is 10.4 Å². The molecule has 0 aliphatic heterocycles. The minimum atomic E-state index is -0.864. The van der Waals surface area contributed by atoms with Crippen LogP contribution in [0.15, 0.2) is 36.7 Å². The summed E-state index contributed by atoms with van der Waals surface area (Å²) in [6.45, 7) is 0. The van der Waals surface area contributed by atoms with Crippen LogP contribution in [0, 0.1) is 11.6 Å². The van der Waals surface area contributed by atoms with E-state index in [0.29, 0.717) is 11.1 Å². The normalized spacial score (nSPS) is 10.8. The summed E-state index contributed by atoms with van der Waals surface area (Å²) in [7, 11) is 0. The molecular weight excluding hydrogens is 330 g/mol. The van der Waals surface area contributed by atoms with E-state index >= 15 is 0 Å². The molecule has 0 saturated heterocycles. The maximum Gasteiger partial charge on any atom is 0.153 e. The Labute approximate surface area is 133 Å². The minimum absolute atomic E-state index is 0.0722. The van der Waals surface area contributed by atoms with E-state index in [1.807, 2.05) is 0 Å². The van der Waals surface area contributed by atoms with Gasteiger partial charge in [0.25, 0.3) is 0 Å². The predicted octanol–water partition coefficient (Wildman–Crippen LogP) is 3.89. The molecule has 3 N–H and O–H groups in total. The lowest BCUT2D eigenvalue weighted by atomic mass is 10.2. The van der Waals surface area contributed by atoms with Crippen LogP contribution >= 0.6 is 11.6 Å². The van der Waals surface area contributed by atoms with Gasteiger partial charge >= 0.3 is 0 Å². The largest absolute Gasteiger partial charge is 0.340 e. The molecule has 0 aliphatic rings. The second kappa shape index (κ2) is 5.92. The van der Waals surface area contributed by atoms with E-state index in [-0.39, 0.29) is 21.6 Å². The van der Waals surface area contributed by atoms with E-state index in [1.54, 1.807) is 0 Å². The zero-order chi connectivity index (χ0) is 16.6. The van der Waals surface area contributed by atoms with Gasteiger partial charge in [0, 0.05) is 17.1 Å². The SMILES string of the molecule is ON(O)c1cc2c(Nc3ccc(F)c(Cl)c3)ncnc2cc1F. The van der Waals surface area contributed by atoms with Crippen molar-refractivity contribution in [2.45, 2.75) is 0 Å². The Bertz CT molecular complexity index is 892. The van der Waals surface area contributed by atoms with Gasteiger partial charge in [0.15, 0.2) is 5.82 Å². The molecular formula is C14H9ClF2N4O2. The fourth-order valence-electron chi connectivity index (χ4n) is 2.03. The predicted molar refractivity (Wildman–Crippen MR) is 80.2 cm³/mol. The quantitative estimate of drug-likeness (QED) is 0.629. The average molecular weight is 339 g/mol. The fraction of sp³-hybridized carbons (Fsp3) is 0. The summed E-state index contributed by atoms with van der Waals surface area (Å²) >= 11 is 5.72. The molecule has 1 heterocycles. The first-order valence-corrected chi connectivity index (χ1v) is 6.67. The number of rotatable bonds is 3. The number of hydrogen-bond acceptors (Lipinski definition) is 6. The van der Waals surface area contributed by atoms with Gasteiger partial charge in [0.05, 0.1) is 10.5 Å². The van der Waals surface area contributed by atoms with Crippen LogP contribution in [0.3, 0.4) is 0 Å². The van der Waals surface area contributed by atoms with Crippen LogP contribution in [0.4, 0.5) is 26.0 Å². The molecule has 2 aromatic carbocycles. The van der Waals surface area contributed by atoms with E-state index in [4.69, 9.17) is 22.0 Å². The molecule has 1 aromatic heterocycles. The Morgan fingerprint density at radius 2 is 1.83 bits per heavy atom. The van der Waals surface area contributed by atoms with Crippen molar-refractivity contribution in [2.24, 2.45) is 0 Å². The number of benzene rings is 2. The lowest BCUT2D eigenvalue weighted by Gasteiger charge is -2.12. The van der Waals surface area contributed by atoms with E-state index in [2.05, 4.69) is 15.3 Å². The molecule has 3 rings (SSSR count). The van der Waals surface area contributed by atoms with Crippen molar-refractivity contribution in [1.82, 2.24) is 9.97 Å². The maximum atomic E-state index is 13.7. The van der Waals surface area contributed by atoms with Gasteiger partial charge in [-0.05, 0) is 24.3 Å². The lowest BCUT2D eigenvalue weighted by Crippen LogP contribution is -2.13. The molecule has 0 radical (unpaired) electrons. The van der Waals surface area contributed by atoms with Crippen molar-refractivity contribution in [3.8, 4) is 0 Å². The molecule has 0 fully saturated rings. The highest BCUT2D eigenvalue weighted by atomic mass is 35.5. The minimum Gasteiger partial charge on any atom is -0.340 e. The van der Waals surface area contributed by atoms with Crippen molar-refractivity contribution < 1.29 is 19.2 Å². The summed E-state index contributed by atoms with van der Waals surface area (Å²) in [6.07, 6.45) is 1.21. The molecule has 0 spiro atoms. The summed E-state index contributed by atoms with van der Waals surface area (Å²) in [5, 5.41) is 20.9. The summed E-state index contributed by atoms with van der Waals surface area (Å²) < 4.78 is 26.9. The molecule has 23 heavy (non-hydrogen) atoms. The molecule has 0 amide bonds. The molecule has 0 unspecified atom stereocenters. The number of anilines is 3. The van der Waals surface area contributed by atoms with Crippen molar-refractivity contribution in [2.75, 3.05) is 10.5 Å². The highest BCUT2D eigenvalue weighted by molar-refractivity contribution is 6.31. The first-order chi connectivity index (χ1) is 11.0. The Kier molecular flexibility index (Phi) is 3.95. The molecule has 0 aliphatic carbocycles. The highest BCUT2D eigenvalue weighted by Gasteiger charge is 2.13. The average Bonchev–Trinajstić information content (AvgIpc) is 2.50. The Morgan fingerprint density at radius 3 is 2.52 bits per heavy atom. The molecule has 3 aromatic rings. The van der Waals surface area contributed by atoms with Gasteiger partial charge in [-0.25, -0.2) is 18.7 Å². The zero-order valence-corrected chi connectivity index (χ0v) is 12.1. The Morgan fingerprint density at radius 1 is 1.04 bits per heavy atom. The lowest BCUT2D eigenvalue weighted by molar-refractivity contribution is 0.0273. The Hall–Kier alpha value is -2.55. The van der Waals surface area contributed by atoms with Crippen LogP contribution in [-0.4, -0.2) is 20.4 Å². The number of nitrogens with one attached hydrogen (secondary N) is 1. The van der Waals surface area contributed by atoms with Crippen LogP contribution in [0.25, 0.3) is 10.9 Å². The van der Waals surface area contributed by atoms with Crippen LogP contribution in [-0.2, 0) is 0 Å². The number of fused-ring (bicyclic) bond motifs is 1. The van der Waals surface area contributed by atoms with E-state index in [1.165, 1.54) is 24.5 Å². The van der Waals surface area contributed by atoms with E-state index < -0.39 is 17.3 Å². The van der Waals surface area contributed by atoms with E-state index in [0.717, 1.165) is 12.1 Å². The number of aromatic nitrogens is 2. The van der Waals surface area contributed by atoms with E-state index in [9.17, 15) is 8.78 Å². The maximum absolute atomic E-state index is 13.7. The van der Waals surface area contributed by atoms with Gasteiger partial charge in [-0.15, -0.1) is 5.23 Å². The van der Waals surface area contributed by atoms with Crippen molar-refractivity contribution >= 4 is 39.7 Å². The third-order valence-corrected chi connectivity index (χ3v) is 3.39. The molecule has 6 nitrogen and oxygen atoms in total. The summed E-state index contributed by atoms with van der Waals surface area (Å²) in [4.78, 5) is 7.94. The third kappa shape index (κ3) is 3.00. The topological polar surface area (TPSA) is 81.5 Å². The number of nitrogens with zero attached hydrogens (tertiary/aromatic N) is 3. The second-order valence-corrected chi connectivity index (χ2v) is 4.99. The molecule has 118 valence electrons. The van der Waals surface area contributed by atoms with Gasteiger partial charge in [0.2, 0.25) is 0 Å². The monoisotopic (exact) mass is 338 g/mol. The smallest absolute Gasteiger partial charge is 0.153 e.